The fourth-order valence-electron chi connectivity index (χ4n) is 4.94. The number of hydrogen-bond acceptors (Lipinski definition) is 6. The highest BCUT2D eigenvalue weighted by Gasteiger charge is 2.21. The molecule has 3 aromatic rings. The SMILES string of the molecule is CCCCCCCCCCCCOc1ccc(S(=O)(=O)NC(C)CC(=O)Nc2cc(O)c(NC(=O)c3ccc(Cl)c(Cl)c3)cc2Cl)cc1. The molecule has 0 aromatic heterocycles. The summed E-state index contributed by atoms with van der Waals surface area (Å²) in [6.07, 6.45) is 12.2. The molecule has 3 rings (SSSR count). The van der Waals surface area contributed by atoms with Crippen molar-refractivity contribution in [3.8, 4) is 11.5 Å². The van der Waals surface area contributed by atoms with Crippen LogP contribution in [0, 0.1) is 0 Å². The maximum Gasteiger partial charge on any atom is 0.255 e. The molecule has 262 valence electrons. The van der Waals surface area contributed by atoms with Crippen molar-refractivity contribution in [2.24, 2.45) is 0 Å². The molecule has 13 heteroatoms. The molecule has 0 spiro atoms. The first-order valence-electron chi connectivity index (χ1n) is 16.2. The third-order valence-corrected chi connectivity index (χ3v) is 10.2. The number of rotatable bonds is 20. The fourth-order valence-corrected chi connectivity index (χ4v) is 6.69. The Balaban J connectivity index is 1.42. The van der Waals surface area contributed by atoms with Crippen LogP contribution in [0.1, 0.15) is 94.8 Å². The number of halogens is 3. The lowest BCUT2D eigenvalue weighted by molar-refractivity contribution is -0.116. The van der Waals surface area contributed by atoms with Crippen LogP contribution in [0.3, 0.4) is 0 Å². The van der Waals surface area contributed by atoms with Crippen molar-refractivity contribution in [3.05, 3.63) is 75.2 Å². The van der Waals surface area contributed by atoms with Crippen LogP contribution in [-0.4, -0.2) is 38.0 Å². The molecule has 0 heterocycles. The summed E-state index contributed by atoms with van der Waals surface area (Å²) in [6, 6.07) is 12.2. The lowest BCUT2D eigenvalue weighted by Gasteiger charge is -2.16. The first kappa shape index (κ1) is 39.4. The van der Waals surface area contributed by atoms with E-state index in [1.165, 1.54) is 93.8 Å². The molecule has 0 aliphatic heterocycles. The number of nitrogens with one attached hydrogen (secondary N) is 3. The Kier molecular flexibility index (Phi) is 16.3. The molecule has 0 aliphatic rings. The van der Waals surface area contributed by atoms with E-state index in [0.29, 0.717) is 12.4 Å². The van der Waals surface area contributed by atoms with Crippen LogP contribution < -0.4 is 20.1 Å². The highest BCUT2D eigenvalue weighted by atomic mass is 35.5. The molecule has 3 aromatic carbocycles. The van der Waals surface area contributed by atoms with E-state index in [1.54, 1.807) is 19.1 Å². The number of carbonyl (C=O) groups is 2. The largest absolute Gasteiger partial charge is 0.506 e. The normalized spacial score (nSPS) is 12.0. The third kappa shape index (κ3) is 13.1. The number of phenolic OH excluding ortho intramolecular Hbond substituents is 1. The van der Waals surface area contributed by atoms with E-state index in [1.807, 2.05) is 0 Å². The average molecular weight is 741 g/mol. The van der Waals surface area contributed by atoms with E-state index in [0.717, 1.165) is 12.8 Å². The van der Waals surface area contributed by atoms with E-state index in [9.17, 15) is 23.1 Å². The van der Waals surface area contributed by atoms with Gasteiger partial charge in [0.15, 0.2) is 0 Å². The van der Waals surface area contributed by atoms with Gasteiger partial charge in [-0.05, 0) is 61.9 Å². The van der Waals surface area contributed by atoms with Crippen molar-refractivity contribution in [2.75, 3.05) is 17.2 Å². The van der Waals surface area contributed by atoms with Crippen LogP contribution >= 0.6 is 34.8 Å². The molecular formula is C35H44Cl3N3O6S. The Morgan fingerprint density at radius 1 is 0.771 bits per heavy atom. The van der Waals surface area contributed by atoms with Crippen LogP contribution in [0.15, 0.2) is 59.5 Å². The molecule has 0 bridgehead atoms. The van der Waals surface area contributed by atoms with Crippen LogP contribution in [0.2, 0.25) is 15.1 Å². The molecule has 2 amide bonds. The minimum atomic E-state index is -3.91. The van der Waals surface area contributed by atoms with Crippen LogP contribution in [0.25, 0.3) is 0 Å². The van der Waals surface area contributed by atoms with Crippen molar-refractivity contribution in [1.29, 1.82) is 0 Å². The van der Waals surface area contributed by atoms with Gasteiger partial charge < -0.3 is 20.5 Å². The number of benzene rings is 3. The zero-order chi connectivity index (χ0) is 35.1. The molecule has 0 saturated carbocycles. The van der Waals surface area contributed by atoms with Crippen LogP contribution in [-0.2, 0) is 14.8 Å². The summed E-state index contributed by atoms with van der Waals surface area (Å²) in [4.78, 5) is 25.3. The van der Waals surface area contributed by atoms with E-state index in [2.05, 4.69) is 22.3 Å². The van der Waals surface area contributed by atoms with Gasteiger partial charge in [0, 0.05) is 24.1 Å². The monoisotopic (exact) mass is 739 g/mol. The minimum Gasteiger partial charge on any atom is -0.506 e. The van der Waals surface area contributed by atoms with Crippen LogP contribution in [0.4, 0.5) is 11.4 Å². The number of carbonyl (C=O) groups excluding carboxylic acids is 2. The van der Waals surface area contributed by atoms with Gasteiger partial charge in [0.1, 0.15) is 11.5 Å². The zero-order valence-corrected chi connectivity index (χ0v) is 30.4. The molecule has 0 aliphatic carbocycles. The number of anilines is 2. The summed E-state index contributed by atoms with van der Waals surface area (Å²) >= 11 is 18.2. The van der Waals surface area contributed by atoms with Crippen molar-refractivity contribution in [2.45, 2.75) is 95.4 Å². The number of aromatic hydroxyl groups is 1. The van der Waals surface area contributed by atoms with Crippen molar-refractivity contribution in [3.63, 3.8) is 0 Å². The number of sulfonamides is 1. The predicted octanol–water partition coefficient (Wildman–Crippen LogP) is 9.60. The van der Waals surface area contributed by atoms with E-state index in [-0.39, 0.29) is 49.1 Å². The Morgan fingerprint density at radius 3 is 2.02 bits per heavy atom. The molecular weight excluding hydrogens is 697 g/mol. The second-order valence-electron chi connectivity index (χ2n) is 11.7. The van der Waals surface area contributed by atoms with E-state index < -0.39 is 27.9 Å². The first-order valence-corrected chi connectivity index (χ1v) is 18.8. The molecule has 48 heavy (non-hydrogen) atoms. The summed E-state index contributed by atoms with van der Waals surface area (Å²) in [5, 5.41) is 16.1. The summed E-state index contributed by atoms with van der Waals surface area (Å²) < 4.78 is 34.1. The van der Waals surface area contributed by atoms with Gasteiger partial charge in [-0.2, -0.15) is 0 Å². The molecule has 4 N–H and O–H groups in total. The molecule has 1 unspecified atom stereocenters. The molecule has 0 radical (unpaired) electrons. The maximum absolute atomic E-state index is 12.9. The van der Waals surface area contributed by atoms with Gasteiger partial charge in [0.05, 0.1) is 37.9 Å². The maximum atomic E-state index is 12.9. The summed E-state index contributed by atoms with van der Waals surface area (Å²) in [5.41, 5.74) is 0.290. The number of phenols is 1. The lowest BCUT2D eigenvalue weighted by atomic mass is 10.1. The number of hydrogen-bond donors (Lipinski definition) is 4. The van der Waals surface area contributed by atoms with Crippen molar-refractivity contribution >= 4 is 68.0 Å². The summed E-state index contributed by atoms with van der Waals surface area (Å²) in [6.45, 7) is 4.36. The number of unbranched alkanes of at least 4 members (excludes halogenated alkanes) is 9. The summed E-state index contributed by atoms with van der Waals surface area (Å²) in [7, 11) is -3.91. The van der Waals surface area contributed by atoms with Crippen LogP contribution in [0.5, 0.6) is 11.5 Å². The molecule has 1 atom stereocenters. The molecule has 0 saturated heterocycles. The van der Waals surface area contributed by atoms with Crippen molar-refractivity contribution in [1.82, 2.24) is 4.72 Å². The third-order valence-electron chi connectivity index (χ3n) is 7.54. The zero-order valence-electron chi connectivity index (χ0n) is 27.3. The Morgan fingerprint density at radius 2 is 1.40 bits per heavy atom. The summed E-state index contributed by atoms with van der Waals surface area (Å²) in [5.74, 6) is -0.871. The quantitative estimate of drug-likeness (QED) is 0.0674. The average Bonchev–Trinajstić information content (AvgIpc) is 3.03. The number of ether oxygens (including phenoxy) is 1. The highest BCUT2D eigenvalue weighted by molar-refractivity contribution is 7.89. The Bertz CT molecular complexity index is 1620. The van der Waals surface area contributed by atoms with Gasteiger partial charge >= 0.3 is 0 Å². The second-order valence-corrected chi connectivity index (χ2v) is 14.6. The fraction of sp³-hybridized carbons (Fsp3) is 0.429. The lowest BCUT2D eigenvalue weighted by Crippen LogP contribution is -2.35. The van der Waals surface area contributed by atoms with Gasteiger partial charge in [-0.3, -0.25) is 9.59 Å². The second kappa shape index (κ2) is 19.8. The highest BCUT2D eigenvalue weighted by Crippen LogP contribution is 2.34. The van der Waals surface area contributed by atoms with Gasteiger partial charge in [-0.25, -0.2) is 13.1 Å². The predicted molar refractivity (Wildman–Crippen MR) is 194 cm³/mol. The van der Waals surface area contributed by atoms with Crippen molar-refractivity contribution < 1.29 is 27.9 Å². The standard InChI is InChI=1S/C35H44Cl3N3O6S/c1-3-4-5-6-7-8-9-10-11-12-19-47-26-14-16-27(17-15-26)48(45,46)41-24(2)20-34(43)39-31-23-33(42)32(22-30(31)38)40-35(44)25-13-18-28(36)29(37)21-25/h13-18,21-24,41-42H,3-12,19-20H2,1-2H3,(H,39,43)(H,40,44). The Hall–Kier alpha value is -3.02. The molecule has 0 fully saturated rings. The first-order chi connectivity index (χ1) is 22.9. The molecule has 9 nitrogen and oxygen atoms in total. The van der Waals surface area contributed by atoms with Gasteiger partial charge in [-0.15, -0.1) is 0 Å². The van der Waals surface area contributed by atoms with E-state index >= 15 is 0 Å². The minimum absolute atomic E-state index is 0.00502. The Labute approximate surface area is 298 Å². The van der Waals surface area contributed by atoms with Gasteiger partial charge in [-0.1, -0.05) is 99.5 Å². The van der Waals surface area contributed by atoms with Gasteiger partial charge in [0.2, 0.25) is 15.9 Å². The smallest absolute Gasteiger partial charge is 0.255 e. The number of amides is 2. The van der Waals surface area contributed by atoms with Gasteiger partial charge in [0.25, 0.3) is 5.91 Å². The topological polar surface area (TPSA) is 134 Å². The van der Waals surface area contributed by atoms with E-state index in [4.69, 9.17) is 39.5 Å².